The molecule has 4 saturated carbocycles. The highest BCUT2D eigenvalue weighted by Gasteiger charge is 2.72. The Morgan fingerprint density at radius 2 is 1.67 bits per heavy atom. The van der Waals surface area contributed by atoms with E-state index < -0.39 is 40.5 Å². The van der Waals surface area contributed by atoms with Gasteiger partial charge in [-0.25, -0.2) is 0 Å². The molecule has 204 valence electrons. The molecule has 0 aromatic rings. The lowest BCUT2D eigenvalue weighted by molar-refractivity contribution is -0.273. The molecule has 0 spiro atoms. The maximum atomic E-state index is 12.8. The standard InChI is InChI=1S/C30H48O6/c1-16-9-10-30(25(35)36)12-11-28(5)18(22(30)17(16)2)7-8-21-26(3)13-20(33)24(34)27(4,15-31)23(26)19(32)14-29(21,28)6/h7,16-17,19-24,31-34H,8-15H2,1-6H3,(H,35,36)/t16?,17?,19?,20?,21?,22?,23?,24?,26-,27+,28-,29-,30+/m1/s1. The average molecular weight is 505 g/mol. The zero-order valence-electron chi connectivity index (χ0n) is 23.0. The van der Waals surface area contributed by atoms with Gasteiger partial charge in [-0.15, -0.1) is 0 Å². The molecule has 36 heavy (non-hydrogen) atoms. The Hall–Kier alpha value is -0.950. The van der Waals surface area contributed by atoms with Gasteiger partial charge < -0.3 is 25.5 Å². The number of fused-ring (bicyclic) bond motifs is 7. The van der Waals surface area contributed by atoms with E-state index in [1.165, 1.54) is 5.57 Å². The molecule has 6 heteroatoms. The van der Waals surface area contributed by atoms with Gasteiger partial charge in [-0.3, -0.25) is 4.79 Å². The van der Waals surface area contributed by atoms with Gasteiger partial charge >= 0.3 is 5.97 Å². The maximum Gasteiger partial charge on any atom is 0.310 e. The monoisotopic (exact) mass is 504 g/mol. The van der Waals surface area contributed by atoms with Gasteiger partial charge in [0.05, 0.1) is 30.3 Å². The van der Waals surface area contributed by atoms with Crippen LogP contribution in [0.25, 0.3) is 0 Å². The number of aliphatic hydroxyl groups is 4. The van der Waals surface area contributed by atoms with Crippen LogP contribution in [0, 0.1) is 56.7 Å². The van der Waals surface area contributed by atoms with Crippen LogP contribution in [0.2, 0.25) is 0 Å². The van der Waals surface area contributed by atoms with Gasteiger partial charge in [0, 0.05) is 11.3 Å². The van der Waals surface area contributed by atoms with Crippen molar-refractivity contribution in [2.24, 2.45) is 56.7 Å². The third-order valence-corrected chi connectivity index (χ3v) is 13.4. The molecule has 0 amide bonds. The number of carboxylic acids is 1. The summed E-state index contributed by atoms with van der Waals surface area (Å²) in [5, 5.41) is 54.7. The van der Waals surface area contributed by atoms with E-state index in [4.69, 9.17) is 0 Å². The second-order valence-corrected chi connectivity index (χ2v) is 14.6. The van der Waals surface area contributed by atoms with Gasteiger partial charge in [-0.2, -0.15) is 0 Å². The van der Waals surface area contributed by atoms with Crippen LogP contribution in [0.4, 0.5) is 0 Å². The number of rotatable bonds is 2. The Morgan fingerprint density at radius 1 is 1.00 bits per heavy atom. The summed E-state index contributed by atoms with van der Waals surface area (Å²) in [6.07, 6.45) is 4.44. The van der Waals surface area contributed by atoms with E-state index in [0.29, 0.717) is 25.2 Å². The van der Waals surface area contributed by atoms with E-state index >= 15 is 0 Å². The lowest BCUT2D eigenvalue weighted by Gasteiger charge is -2.72. The number of carboxylic acid groups (broad SMARTS) is 1. The first kappa shape index (κ1) is 26.6. The summed E-state index contributed by atoms with van der Waals surface area (Å²) in [5.74, 6) is -0.0914. The van der Waals surface area contributed by atoms with Crippen molar-refractivity contribution < 1.29 is 30.3 Å². The number of aliphatic carboxylic acids is 1. The fourth-order valence-electron chi connectivity index (χ4n) is 11.2. The second-order valence-electron chi connectivity index (χ2n) is 14.6. The molecule has 5 N–H and O–H groups in total. The zero-order chi connectivity index (χ0) is 26.6. The molecule has 13 atom stereocenters. The Bertz CT molecular complexity index is 963. The molecule has 5 rings (SSSR count). The van der Waals surface area contributed by atoms with Crippen LogP contribution in [-0.4, -0.2) is 56.4 Å². The SMILES string of the molecule is CC1CC[C@]2(C(=O)O)CC[C@]3(C)C(=CCC4[C@@]5(C)CC(O)C(O)[C@@](C)(CO)C5C(O)C[C@]43C)C2C1C. The summed E-state index contributed by atoms with van der Waals surface area (Å²) in [4.78, 5) is 12.8. The highest BCUT2D eigenvalue weighted by molar-refractivity contribution is 5.76. The number of aliphatic hydroxyl groups excluding tert-OH is 4. The number of allylic oxidation sites excluding steroid dienone is 2. The van der Waals surface area contributed by atoms with E-state index in [1.54, 1.807) is 0 Å². The third-order valence-electron chi connectivity index (χ3n) is 13.4. The highest BCUT2D eigenvalue weighted by Crippen LogP contribution is 2.75. The molecule has 0 radical (unpaired) electrons. The molecular weight excluding hydrogens is 456 g/mol. The van der Waals surface area contributed by atoms with Crippen molar-refractivity contribution in [3.05, 3.63) is 11.6 Å². The van der Waals surface area contributed by atoms with E-state index in [-0.39, 0.29) is 41.1 Å². The molecule has 4 fully saturated rings. The zero-order valence-corrected chi connectivity index (χ0v) is 23.0. The molecule has 5 aliphatic carbocycles. The van der Waals surface area contributed by atoms with Crippen LogP contribution < -0.4 is 0 Å². The summed E-state index contributed by atoms with van der Waals surface area (Å²) in [6.45, 7) is 12.8. The van der Waals surface area contributed by atoms with Crippen LogP contribution in [0.3, 0.4) is 0 Å². The first-order valence-corrected chi connectivity index (χ1v) is 14.2. The minimum Gasteiger partial charge on any atom is -0.481 e. The van der Waals surface area contributed by atoms with Crippen molar-refractivity contribution in [3.63, 3.8) is 0 Å². The van der Waals surface area contributed by atoms with E-state index in [0.717, 1.165) is 25.7 Å². The highest BCUT2D eigenvalue weighted by atomic mass is 16.4. The molecule has 0 heterocycles. The molecule has 0 saturated heterocycles. The van der Waals surface area contributed by atoms with Gasteiger partial charge in [0.1, 0.15) is 0 Å². The summed E-state index contributed by atoms with van der Waals surface area (Å²) in [6, 6.07) is 0. The third kappa shape index (κ3) is 2.96. The van der Waals surface area contributed by atoms with Gasteiger partial charge in [0.2, 0.25) is 0 Å². The summed E-state index contributed by atoms with van der Waals surface area (Å²) >= 11 is 0. The first-order chi connectivity index (χ1) is 16.6. The smallest absolute Gasteiger partial charge is 0.310 e. The molecule has 0 aromatic heterocycles. The average Bonchev–Trinajstić information content (AvgIpc) is 2.80. The quantitative estimate of drug-likeness (QED) is 0.363. The van der Waals surface area contributed by atoms with Crippen molar-refractivity contribution in [3.8, 4) is 0 Å². The summed E-state index contributed by atoms with van der Waals surface area (Å²) in [5.41, 5.74) is -1.41. The number of hydrogen-bond acceptors (Lipinski definition) is 5. The van der Waals surface area contributed by atoms with E-state index in [2.05, 4.69) is 40.7 Å². The largest absolute Gasteiger partial charge is 0.481 e. The summed E-state index contributed by atoms with van der Waals surface area (Å²) in [7, 11) is 0. The molecule has 8 unspecified atom stereocenters. The minimum atomic E-state index is -1.08. The molecule has 6 nitrogen and oxygen atoms in total. The summed E-state index contributed by atoms with van der Waals surface area (Å²) < 4.78 is 0. The Labute approximate surface area is 216 Å². The number of hydrogen-bond donors (Lipinski definition) is 5. The van der Waals surface area contributed by atoms with Crippen LogP contribution >= 0.6 is 0 Å². The fraction of sp³-hybridized carbons (Fsp3) is 0.900. The van der Waals surface area contributed by atoms with Crippen molar-refractivity contribution in [1.82, 2.24) is 0 Å². The second kappa shape index (κ2) is 8.03. The first-order valence-electron chi connectivity index (χ1n) is 14.2. The Morgan fingerprint density at radius 3 is 2.28 bits per heavy atom. The van der Waals surface area contributed by atoms with Crippen LogP contribution in [0.5, 0.6) is 0 Å². The van der Waals surface area contributed by atoms with E-state index in [9.17, 15) is 30.3 Å². The Kier molecular flexibility index (Phi) is 5.95. The predicted molar refractivity (Wildman–Crippen MR) is 137 cm³/mol. The Balaban J connectivity index is 1.65. The van der Waals surface area contributed by atoms with Crippen molar-refractivity contribution in [2.45, 2.75) is 105 Å². The molecule has 0 aromatic carbocycles. The molecule has 0 aliphatic heterocycles. The van der Waals surface area contributed by atoms with Gasteiger partial charge in [-0.1, -0.05) is 53.2 Å². The van der Waals surface area contributed by atoms with Gasteiger partial charge in [0.25, 0.3) is 0 Å². The van der Waals surface area contributed by atoms with Crippen LogP contribution in [0.1, 0.15) is 86.5 Å². The van der Waals surface area contributed by atoms with Crippen LogP contribution in [0.15, 0.2) is 11.6 Å². The van der Waals surface area contributed by atoms with Gasteiger partial charge in [-0.05, 0) is 84.9 Å². The molecule has 5 aliphatic rings. The lowest BCUT2D eigenvalue weighted by Crippen LogP contribution is -2.71. The minimum absolute atomic E-state index is 0.000534. The van der Waals surface area contributed by atoms with Crippen molar-refractivity contribution >= 4 is 5.97 Å². The van der Waals surface area contributed by atoms with E-state index in [1.807, 2.05) is 6.92 Å². The normalized spacial score (nSPS) is 58.6. The molecular formula is C30H48O6. The van der Waals surface area contributed by atoms with Gasteiger partial charge in [0.15, 0.2) is 0 Å². The van der Waals surface area contributed by atoms with Crippen LogP contribution in [-0.2, 0) is 4.79 Å². The lowest BCUT2D eigenvalue weighted by atomic mass is 9.32. The predicted octanol–water partition coefficient (Wildman–Crippen LogP) is 4.00. The maximum absolute atomic E-state index is 12.8. The topological polar surface area (TPSA) is 118 Å². The molecule has 0 bridgehead atoms. The van der Waals surface area contributed by atoms with Crippen molar-refractivity contribution in [2.75, 3.05) is 6.61 Å². The number of carbonyl (C=O) groups is 1. The van der Waals surface area contributed by atoms with Crippen molar-refractivity contribution in [1.29, 1.82) is 0 Å². The fourth-order valence-corrected chi connectivity index (χ4v) is 11.2.